The van der Waals surface area contributed by atoms with Gasteiger partial charge in [-0.2, -0.15) is 5.10 Å². The maximum atomic E-state index is 12.4. The van der Waals surface area contributed by atoms with E-state index < -0.39 is 0 Å². The van der Waals surface area contributed by atoms with Gasteiger partial charge >= 0.3 is 0 Å². The molecular formula is C18H17N3O2. The monoisotopic (exact) mass is 307 g/mol. The first-order valence-electron chi connectivity index (χ1n) is 7.28. The number of anilines is 1. The van der Waals surface area contributed by atoms with Gasteiger partial charge in [0.15, 0.2) is 0 Å². The van der Waals surface area contributed by atoms with Gasteiger partial charge in [0.05, 0.1) is 22.6 Å². The normalized spacial score (nSPS) is 10.5. The molecule has 5 heteroatoms. The Hall–Kier alpha value is -3.08. The number of carbonyl (C=O) groups is 1. The molecule has 0 aliphatic rings. The van der Waals surface area contributed by atoms with Gasteiger partial charge in [0.2, 0.25) is 0 Å². The largest absolute Gasteiger partial charge is 0.507 e. The number of aromatic hydroxyl groups is 1. The molecule has 3 aromatic rings. The van der Waals surface area contributed by atoms with Crippen LogP contribution in [0.4, 0.5) is 5.69 Å². The summed E-state index contributed by atoms with van der Waals surface area (Å²) in [6.45, 7) is 3.88. The van der Waals surface area contributed by atoms with E-state index in [1.807, 2.05) is 44.2 Å². The molecule has 5 nitrogen and oxygen atoms in total. The molecule has 0 bridgehead atoms. The fourth-order valence-corrected chi connectivity index (χ4v) is 2.49. The second-order valence-electron chi connectivity index (χ2n) is 5.33. The Balaban J connectivity index is 1.97. The van der Waals surface area contributed by atoms with Gasteiger partial charge in [-0.3, -0.25) is 4.79 Å². The van der Waals surface area contributed by atoms with E-state index in [4.69, 9.17) is 0 Å². The van der Waals surface area contributed by atoms with E-state index in [0.29, 0.717) is 5.69 Å². The minimum atomic E-state index is -0.364. The average Bonchev–Trinajstić information content (AvgIpc) is 2.86. The second-order valence-corrected chi connectivity index (χ2v) is 5.33. The van der Waals surface area contributed by atoms with Crippen molar-refractivity contribution in [2.24, 2.45) is 0 Å². The Morgan fingerprint density at radius 1 is 1.09 bits per heavy atom. The van der Waals surface area contributed by atoms with E-state index in [1.54, 1.807) is 22.9 Å². The highest BCUT2D eigenvalue weighted by Crippen LogP contribution is 2.23. The Morgan fingerprint density at radius 3 is 2.48 bits per heavy atom. The van der Waals surface area contributed by atoms with E-state index in [2.05, 4.69) is 10.4 Å². The van der Waals surface area contributed by atoms with Crippen LogP contribution in [0.2, 0.25) is 0 Å². The average molecular weight is 307 g/mol. The minimum absolute atomic E-state index is 0.0476. The zero-order valence-electron chi connectivity index (χ0n) is 12.9. The summed E-state index contributed by atoms with van der Waals surface area (Å²) in [4.78, 5) is 12.4. The molecule has 0 radical (unpaired) electrons. The van der Waals surface area contributed by atoms with Gasteiger partial charge in [-0.1, -0.05) is 24.3 Å². The predicted octanol–water partition coefficient (Wildman–Crippen LogP) is 3.45. The van der Waals surface area contributed by atoms with Crippen molar-refractivity contribution < 1.29 is 9.90 Å². The van der Waals surface area contributed by atoms with Crippen LogP contribution in [0.1, 0.15) is 21.7 Å². The summed E-state index contributed by atoms with van der Waals surface area (Å²) in [5, 5.41) is 17.1. The molecule has 3 rings (SSSR count). The van der Waals surface area contributed by atoms with Crippen LogP contribution in [-0.4, -0.2) is 20.8 Å². The van der Waals surface area contributed by atoms with E-state index in [1.165, 1.54) is 6.07 Å². The van der Waals surface area contributed by atoms with Crippen molar-refractivity contribution >= 4 is 11.6 Å². The summed E-state index contributed by atoms with van der Waals surface area (Å²) in [6.07, 6.45) is 0. The van der Waals surface area contributed by atoms with Gasteiger partial charge in [-0.25, -0.2) is 4.68 Å². The molecule has 0 atom stereocenters. The summed E-state index contributed by atoms with van der Waals surface area (Å²) >= 11 is 0. The number of rotatable bonds is 3. The Morgan fingerprint density at radius 2 is 1.78 bits per heavy atom. The van der Waals surface area contributed by atoms with Crippen molar-refractivity contribution in [3.63, 3.8) is 0 Å². The summed E-state index contributed by atoms with van der Waals surface area (Å²) in [7, 11) is 0. The first-order valence-corrected chi connectivity index (χ1v) is 7.28. The highest BCUT2D eigenvalue weighted by atomic mass is 16.3. The molecule has 1 amide bonds. The van der Waals surface area contributed by atoms with Crippen molar-refractivity contribution in [2.75, 3.05) is 5.32 Å². The number of aryl methyl sites for hydroxylation is 2. The van der Waals surface area contributed by atoms with Crippen LogP contribution >= 0.6 is 0 Å². The third-order valence-corrected chi connectivity index (χ3v) is 3.54. The molecule has 1 heterocycles. The highest BCUT2D eigenvalue weighted by molar-refractivity contribution is 6.07. The fraction of sp³-hybridized carbons (Fsp3) is 0.111. The van der Waals surface area contributed by atoms with Gasteiger partial charge in [0, 0.05) is 5.69 Å². The lowest BCUT2D eigenvalue weighted by atomic mass is 10.1. The van der Waals surface area contributed by atoms with Crippen LogP contribution in [-0.2, 0) is 0 Å². The molecule has 116 valence electrons. The number of hydrogen-bond donors (Lipinski definition) is 2. The van der Waals surface area contributed by atoms with Crippen molar-refractivity contribution in [3.8, 4) is 11.4 Å². The Kier molecular flexibility index (Phi) is 3.85. The van der Waals surface area contributed by atoms with Crippen molar-refractivity contribution in [3.05, 3.63) is 71.5 Å². The molecule has 1 aromatic heterocycles. The molecule has 0 saturated carbocycles. The lowest BCUT2D eigenvalue weighted by molar-refractivity contribution is 0.102. The molecule has 0 fully saturated rings. The fourth-order valence-electron chi connectivity index (χ4n) is 2.49. The number of benzene rings is 2. The smallest absolute Gasteiger partial charge is 0.259 e. The molecule has 0 unspecified atom stereocenters. The number of nitrogens with zero attached hydrogens (tertiary/aromatic N) is 2. The number of nitrogens with one attached hydrogen (secondary N) is 1. The topological polar surface area (TPSA) is 67.2 Å². The van der Waals surface area contributed by atoms with Gasteiger partial charge in [-0.05, 0) is 44.2 Å². The summed E-state index contributed by atoms with van der Waals surface area (Å²) in [6, 6.07) is 15.9. The number of aromatic nitrogens is 2. The standard InChI is InChI=1S/C18H17N3O2/c1-12-11-13(2)21(20-12)16-9-5-4-8-15(16)19-18(23)14-7-3-6-10-17(14)22/h3-11,22H,1-2H3,(H,19,23). The van der Waals surface area contributed by atoms with Crippen LogP contribution in [0, 0.1) is 13.8 Å². The van der Waals surface area contributed by atoms with E-state index in [9.17, 15) is 9.90 Å². The van der Waals surface area contributed by atoms with Crippen LogP contribution < -0.4 is 5.32 Å². The number of carbonyl (C=O) groups excluding carboxylic acids is 1. The third-order valence-electron chi connectivity index (χ3n) is 3.54. The summed E-state index contributed by atoms with van der Waals surface area (Å²) in [5.41, 5.74) is 3.53. The summed E-state index contributed by atoms with van der Waals surface area (Å²) in [5.74, 6) is -0.411. The number of para-hydroxylation sites is 3. The van der Waals surface area contributed by atoms with Crippen molar-refractivity contribution in [1.82, 2.24) is 9.78 Å². The second kappa shape index (κ2) is 5.96. The van der Waals surface area contributed by atoms with Crippen molar-refractivity contribution in [2.45, 2.75) is 13.8 Å². The molecular weight excluding hydrogens is 290 g/mol. The lowest BCUT2D eigenvalue weighted by Crippen LogP contribution is -2.14. The molecule has 0 saturated heterocycles. The van der Waals surface area contributed by atoms with E-state index in [0.717, 1.165) is 17.1 Å². The van der Waals surface area contributed by atoms with Crippen LogP contribution in [0.3, 0.4) is 0 Å². The lowest BCUT2D eigenvalue weighted by Gasteiger charge is -2.13. The van der Waals surface area contributed by atoms with Gasteiger partial charge in [0.25, 0.3) is 5.91 Å². The molecule has 23 heavy (non-hydrogen) atoms. The van der Waals surface area contributed by atoms with Crippen LogP contribution in [0.5, 0.6) is 5.75 Å². The Bertz CT molecular complexity index is 868. The van der Waals surface area contributed by atoms with Crippen LogP contribution in [0.15, 0.2) is 54.6 Å². The Labute approximate surface area is 134 Å². The first kappa shape index (κ1) is 14.8. The van der Waals surface area contributed by atoms with Gasteiger partial charge < -0.3 is 10.4 Å². The zero-order valence-corrected chi connectivity index (χ0v) is 12.9. The maximum Gasteiger partial charge on any atom is 0.259 e. The molecule has 0 aliphatic carbocycles. The zero-order chi connectivity index (χ0) is 16.4. The first-order chi connectivity index (χ1) is 11.1. The number of phenolic OH excluding ortho intramolecular Hbond substituents is 1. The number of hydrogen-bond acceptors (Lipinski definition) is 3. The maximum absolute atomic E-state index is 12.4. The minimum Gasteiger partial charge on any atom is -0.507 e. The molecule has 2 aromatic carbocycles. The number of phenols is 1. The summed E-state index contributed by atoms with van der Waals surface area (Å²) < 4.78 is 1.79. The van der Waals surface area contributed by atoms with E-state index in [-0.39, 0.29) is 17.2 Å². The molecule has 2 N–H and O–H groups in total. The molecule has 0 spiro atoms. The van der Waals surface area contributed by atoms with E-state index >= 15 is 0 Å². The van der Waals surface area contributed by atoms with Crippen LogP contribution in [0.25, 0.3) is 5.69 Å². The highest BCUT2D eigenvalue weighted by Gasteiger charge is 2.14. The predicted molar refractivity (Wildman–Crippen MR) is 89.1 cm³/mol. The third kappa shape index (κ3) is 2.94. The van der Waals surface area contributed by atoms with Gasteiger partial charge in [-0.15, -0.1) is 0 Å². The SMILES string of the molecule is Cc1cc(C)n(-c2ccccc2NC(=O)c2ccccc2O)n1. The van der Waals surface area contributed by atoms with Gasteiger partial charge in [0.1, 0.15) is 5.75 Å². The molecule has 0 aliphatic heterocycles. The number of amides is 1. The quantitative estimate of drug-likeness (QED) is 0.779. The van der Waals surface area contributed by atoms with Crippen molar-refractivity contribution in [1.29, 1.82) is 0 Å².